The monoisotopic (exact) mass is 350 g/mol. The lowest BCUT2D eigenvalue weighted by Crippen LogP contribution is -2.46. The van der Waals surface area contributed by atoms with Crippen molar-refractivity contribution in [2.75, 3.05) is 0 Å². The Hall–Kier alpha value is -1.85. The molecule has 1 aliphatic heterocycles. The summed E-state index contributed by atoms with van der Waals surface area (Å²) in [5.41, 5.74) is -0.0251. The first-order valence-corrected chi connectivity index (χ1v) is 8.89. The Morgan fingerprint density at radius 1 is 1.24 bits per heavy atom. The molecule has 3 fully saturated rings. The van der Waals surface area contributed by atoms with Gasteiger partial charge in [0.2, 0.25) is 0 Å². The Morgan fingerprint density at radius 3 is 2.48 bits per heavy atom. The molecule has 7 unspecified atom stereocenters. The molecule has 25 heavy (non-hydrogen) atoms. The zero-order chi connectivity index (χ0) is 18.5. The highest BCUT2D eigenvalue weighted by atomic mass is 16.6. The van der Waals surface area contributed by atoms with Gasteiger partial charge in [-0.1, -0.05) is 20.4 Å². The molecule has 0 spiro atoms. The van der Waals surface area contributed by atoms with E-state index in [2.05, 4.69) is 20.4 Å². The van der Waals surface area contributed by atoms with Gasteiger partial charge in [0.05, 0.1) is 5.92 Å². The number of ether oxygens (including phenoxy) is 3. The lowest BCUT2D eigenvalue weighted by molar-refractivity contribution is -0.164. The van der Waals surface area contributed by atoms with Crippen LogP contribution in [-0.2, 0) is 28.6 Å². The van der Waals surface area contributed by atoms with Gasteiger partial charge in [-0.3, -0.25) is 9.59 Å². The summed E-state index contributed by atoms with van der Waals surface area (Å²) in [6.07, 6.45) is 1.05. The van der Waals surface area contributed by atoms with Crippen molar-refractivity contribution < 1.29 is 28.6 Å². The van der Waals surface area contributed by atoms with Gasteiger partial charge in [-0.25, -0.2) is 4.79 Å². The Balaban J connectivity index is 2.04. The van der Waals surface area contributed by atoms with Crippen molar-refractivity contribution in [1.82, 2.24) is 0 Å². The molecule has 0 radical (unpaired) electrons. The van der Waals surface area contributed by atoms with Crippen molar-refractivity contribution >= 4 is 17.9 Å². The second kappa shape index (κ2) is 6.15. The highest BCUT2D eigenvalue weighted by Gasteiger charge is 2.62. The third-order valence-corrected chi connectivity index (χ3v) is 6.26. The molecule has 3 rings (SSSR count). The van der Waals surface area contributed by atoms with Gasteiger partial charge in [0, 0.05) is 30.8 Å². The lowest BCUT2D eigenvalue weighted by Gasteiger charge is -2.41. The molecule has 2 saturated carbocycles. The molecule has 0 aromatic heterocycles. The molecular weight excluding hydrogens is 324 g/mol. The molecule has 1 saturated heterocycles. The van der Waals surface area contributed by atoms with Crippen molar-refractivity contribution in [3.8, 4) is 0 Å². The average Bonchev–Trinajstić information content (AvgIpc) is 2.92. The summed E-state index contributed by atoms with van der Waals surface area (Å²) in [5.74, 6) is -1.24. The molecule has 0 bridgehead atoms. The molecule has 0 amide bonds. The fourth-order valence-corrected chi connectivity index (χ4v) is 5.45. The SMILES string of the molecule is C=C1C(=O)OC2CC(C)C3C(OC(C)=O)CCC3(C)C(OC(C)=O)C12. The first-order valence-electron chi connectivity index (χ1n) is 8.89. The van der Waals surface area contributed by atoms with E-state index in [0.717, 1.165) is 12.8 Å². The minimum absolute atomic E-state index is 0.0397. The maximum absolute atomic E-state index is 12.1. The van der Waals surface area contributed by atoms with E-state index in [1.807, 2.05) is 0 Å². The van der Waals surface area contributed by atoms with Gasteiger partial charge in [-0.15, -0.1) is 0 Å². The van der Waals surface area contributed by atoms with Crippen LogP contribution < -0.4 is 0 Å². The number of rotatable bonds is 2. The third-order valence-electron chi connectivity index (χ3n) is 6.26. The fraction of sp³-hybridized carbons (Fsp3) is 0.737. The van der Waals surface area contributed by atoms with Crippen LogP contribution in [-0.4, -0.2) is 36.2 Å². The zero-order valence-electron chi connectivity index (χ0n) is 15.2. The van der Waals surface area contributed by atoms with Gasteiger partial charge in [0.25, 0.3) is 0 Å². The average molecular weight is 350 g/mol. The summed E-state index contributed by atoms with van der Waals surface area (Å²) in [7, 11) is 0. The maximum atomic E-state index is 12.1. The van der Waals surface area contributed by atoms with E-state index in [1.165, 1.54) is 13.8 Å². The van der Waals surface area contributed by atoms with Crippen molar-refractivity contribution in [2.45, 2.75) is 65.3 Å². The van der Waals surface area contributed by atoms with E-state index in [9.17, 15) is 14.4 Å². The quantitative estimate of drug-likeness (QED) is 0.432. The van der Waals surface area contributed by atoms with Gasteiger partial charge in [0.1, 0.15) is 18.3 Å². The predicted molar refractivity (Wildman–Crippen MR) is 88.2 cm³/mol. The molecule has 0 aromatic carbocycles. The predicted octanol–water partition coefficient (Wildman–Crippen LogP) is 2.40. The van der Waals surface area contributed by atoms with E-state index in [-0.39, 0.29) is 41.9 Å². The van der Waals surface area contributed by atoms with Crippen LogP contribution in [0.15, 0.2) is 12.2 Å². The smallest absolute Gasteiger partial charge is 0.334 e. The fourth-order valence-electron chi connectivity index (χ4n) is 5.45. The maximum Gasteiger partial charge on any atom is 0.334 e. The minimum Gasteiger partial charge on any atom is -0.462 e. The summed E-state index contributed by atoms with van der Waals surface area (Å²) >= 11 is 0. The van der Waals surface area contributed by atoms with Crippen LogP contribution in [0.25, 0.3) is 0 Å². The van der Waals surface area contributed by atoms with E-state index in [0.29, 0.717) is 12.0 Å². The normalized spacial score (nSPS) is 42.9. The minimum atomic E-state index is -0.510. The number of hydrogen-bond donors (Lipinski definition) is 0. The molecule has 6 heteroatoms. The van der Waals surface area contributed by atoms with E-state index < -0.39 is 17.5 Å². The molecule has 7 atom stereocenters. The second-order valence-corrected chi connectivity index (χ2v) is 7.96. The summed E-state index contributed by atoms with van der Waals surface area (Å²) in [5, 5.41) is 0. The van der Waals surface area contributed by atoms with Gasteiger partial charge in [-0.2, -0.15) is 0 Å². The molecule has 6 nitrogen and oxygen atoms in total. The van der Waals surface area contributed by atoms with E-state index in [1.54, 1.807) is 0 Å². The molecule has 0 N–H and O–H groups in total. The number of carbonyl (C=O) groups excluding carboxylic acids is 3. The molecule has 138 valence electrons. The highest BCUT2D eigenvalue weighted by molar-refractivity contribution is 5.91. The second-order valence-electron chi connectivity index (χ2n) is 7.96. The van der Waals surface area contributed by atoms with Gasteiger partial charge < -0.3 is 14.2 Å². The Bertz CT molecular complexity index is 625. The first kappa shape index (κ1) is 18.0. The van der Waals surface area contributed by atoms with Crippen LogP contribution in [0.4, 0.5) is 0 Å². The van der Waals surface area contributed by atoms with Crippen LogP contribution in [0.2, 0.25) is 0 Å². The summed E-state index contributed by atoms with van der Waals surface area (Å²) in [6, 6.07) is 0. The van der Waals surface area contributed by atoms with Crippen molar-refractivity contribution in [3.63, 3.8) is 0 Å². The highest BCUT2D eigenvalue weighted by Crippen LogP contribution is 2.58. The number of carbonyl (C=O) groups is 3. The number of esters is 3. The summed E-state index contributed by atoms with van der Waals surface area (Å²) < 4.78 is 16.9. The van der Waals surface area contributed by atoms with E-state index in [4.69, 9.17) is 14.2 Å². The van der Waals surface area contributed by atoms with Crippen LogP contribution in [0, 0.1) is 23.2 Å². The Kier molecular flexibility index (Phi) is 4.41. The van der Waals surface area contributed by atoms with Gasteiger partial charge in [0.15, 0.2) is 0 Å². The summed E-state index contributed by atoms with van der Waals surface area (Å²) in [4.78, 5) is 35.4. The van der Waals surface area contributed by atoms with Crippen LogP contribution in [0.5, 0.6) is 0 Å². The molecular formula is C19H26O6. The van der Waals surface area contributed by atoms with Crippen LogP contribution in [0.3, 0.4) is 0 Å². The molecule has 0 aromatic rings. The van der Waals surface area contributed by atoms with Gasteiger partial charge in [-0.05, 0) is 25.2 Å². The standard InChI is InChI=1S/C19H26O6/c1-9-8-14-15(10(2)18(22)25-14)17(24-12(4)21)19(5)7-6-13(16(9)19)23-11(3)20/h9,13-17H,2,6-8H2,1,3-5H3. The van der Waals surface area contributed by atoms with Crippen molar-refractivity contribution in [2.24, 2.45) is 23.2 Å². The van der Waals surface area contributed by atoms with Gasteiger partial charge >= 0.3 is 17.9 Å². The first-order chi connectivity index (χ1) is 11.6. The largest absolute Gasteiger partial charge is 0.462 e. The van der Waals surface area contributed by atoms with Crippen molar-refractivity contribution in [1.29, 1.82) is 0 Å². The molecule has 1 heterocycles. The molecule has 3 aliphatic rings. The third kappa shape index (κ3) is 2.85. The lowest BCUT2D eigenvalue weighted by atomic mass is 9.68. The molecule has 2 aliphatic carbocycles. The van der Waals surface area contributed by atoms with Crippen molar-refractivity contribution in [3.05, 3.63) is 12.2 Å². The number of fused-ring (bicyclic) bond motifs is 2. The topological polar surface area (TPSA) is 78.9 Å². The Labute approximate surface area is 147 Å². The summed E-state index contributed by atoms with van der Waals surface area (Å²) in [6.45, 7) is 10.9. The van der Waals surface area contributed by atoms with E-state index >= 15 is 0 Å². The zero-order valence-corrected chi connectivity index (χ0v) is 15.2. The Morgan fingerprint density at radius 2 is 1.88 bits per heavy atom. The van der Waals surface area contributed by atoms with Crippen LogP contribution in [0.1, 0.15) is 47.0 Å². The van der Waals surface area contributed by atoms with Crippen LogP contribution >= 0.6 is 0 Å². The number of hydrogen-bond acceptors (Lipinski definition) is 6.